The van der Waals surface area contributed by atoms with E-state index in [-0.39, 0.29) is 12.5 Å². The highest BCUT2D eigenvalue weighted by atomic mass is 35.5. The zero-order chi connectivity index (χ0) is 13.1. The van der Waals surface area contributed by atoms with Crippen molar-refractivity contribution in [2.24, 2.45) is 0 Å². The van der Waals surface area contributed by atoms with Crippen LogP contribution in [0.4, 0.5) is 5.69 Å². The second-order valence-corrected chi connectivity index (χ2v) is 5.23. The second-order valence-electron chi connectivity index (χ2n) is 4.82. The predicted molar refractivity (Wildman–Crippen MR) is 73.4 cm³/mol. The Morgan fingerprint density at radius 3 is 3.00 bits per heavy atom. The van der Waals surface area contributed by atoms with Crippen LogP contribution in [0.15, 0.2) is 18.2 Å². The van der Waals surface area contributed by atoms with Crippen LogP contribution >= 0.6 is 11.6 Å². The Bertz CT molecular complexity index is 447. The first-order chi connectivity index (χ1) is 8.59. The Hall–Kier alpha value is -1.22. The van der Waals surface area contributed by atoms with E-state index in [1.807, 2.05) is 25.1 Å². The monoisotopic (exact) mass is 267 g/mol. The summed E-state index contributed by atoms with van der Waals surface area (Å²) in [5.41, 5.74) is 2.12. The van der Waals surface area contributed by atoms with Gasteiger partial charge < -0.3 is 10.0 Å². The fraction of sp³-hybridized carbons (Fsp3) is 0.500. The van der Waals surface area contributed by atoms with E-state index in [0.29, 0.717) is 0 Å². The van der Waals surface area contributed by atoms with Crippen molar-refractivity contribution < 1.29 is 9.90 Å². The topological polar surface area (TPSA) is 40.5 Å². The number of halogens is 1. The lowest BCUT2D eigenvalue weighted by Crippen LogP contribution is -2.41. The smallest absolute Gasteiger partial charge is 0.305 e. The molecule has 1 unspecified atom stereocenters. The van der Waals surface area contributed by atoms with Crippen molar-refractivity contribution in [3.63, 3.8) is 0 Å². The number of carboxylic acids is 1. The number of hydrogen-bond donors (Lipinski definition) is 1. The minimum absolute atomic E-state index is 0.0911. The lowest BCUT2D eigenvalue weighted by Gasteiger charge is -2.38. The molecule has 1 aliphatic heterocycles. The first kappa shape index (κ1) is 13.2. The number of benzene rings is 1. The Morgan fingerprint density at radius 2 is 2.28 bits per heavy atom. The predicted octanol–water partition coefficient (Wildman–Crippen LogP) is 3.48. The van der Waals surface area contributed by atoms with Gasteiger partial charge in [-0.1, -0.05) is 17.7 Å². The Morgan fingerprint density at radius 1 is 1.50 bits per heavy atom. The minimum Gasteiger partial charge on any atom is -0.481 e. The summed E-state index contributed by atoms with van der Waals surface area (Å²) in [6.45, 7) is 2.91. The number of piperidine rings is 1. The van der Waals surface area contributed by atoms with E-state index >= 15 is 0 Å². The molecule has 1 saturated heterocycles. The van der Waals surface area contributed by atoms with Crippen LogP contribution in [-0.4, -0.2) is 23.7 Å². The standard InChI is InChI=1S/C14H18ClNO2/c1-10-12(15)6-4-7-13(10)16-8-3-2-5-11(16)9-14(17)18/h4,6-7,11H,2-3,5,8-9H2,1H3,(H,17,18). The summed E-state index contributed by atoms with van der Waals surface area (Å²) in [5.74, 6) is -0.730. The van der Waals surface area contributed by atoms with Gasteiger partial charge in [0.2, 0.25) is 0 Å². The van der Waals surface area contributed by atoms with Gasteiger partial charge >= 0.3 is 5.97 Å². The van der Waals surface area contributed by atoms with E-state index in [2.05, 4.69) is 4.90 Å². The summed E-state index contributed by atoms with van der Waals surface area (Å²) in [4.78, 5) is 13.2. The van der Waals surface area contributed by atoms with E-state index in [4.69, 9.17) is 16.7 Å². The molecule has 0 aliphatic carbocycles. The first-order valence-corrected chi connectivity index (χ1v) is 6.71. The fourth-order valence-corrected chi connectivity index (χ4v) is 2.81. The molecule has 98 valence electrons. The van der Waals surface area contributed by atoms with Gasteiger partial charge in [-0.15, -0.1) is 0 Å². The van der Waals surface area contributed by atoms with Gasteiger partial charge in [0, 0.05) is 23.3 Å². The maximum atomic E-state index is 10.9. The average molecular weight is 268 g/mol. The van der Waals surface area contributed by atoms with E-state index in [1.165, 1.54) is 0 Å². The molecule has 0 amide bonds. The van der Waals surface area contributed by atoms with Gasteiger partial charge in [0.1, 0.15) is 0 Å². The zero-order valence-electron chi connectivity index (χ0n) is 10.5. The molecule has 1 fully saturated rings. The Balaban J connectivity index is 2.27. The fourth-order valence-electron chi connectivity index (χ4n) is 2.64. The molecule has 1 aliphatic rings. The number of rotatable bonds is 3. The van der Waals surface area contributed by atoms with Crippen LogP contribution in [-0.2, 0) is 4.79 Å². The number of carbonyl (C=O) groups is 1. The molecular formula is C14H18ClNO2. The van der Waals surface area contributed by atoms with Gasteiger partial charge in [-0.3, -0.25) is 4.79 Å². The quantitative estimate of drug-likeness (QED) is 0.911. The van der Waals surface area contributed by atoms with Crippen LogP contribution in [0.3, 0.4) is 0 Å². The van der Waals surface area contributed by atoms with Gasteiger partial charge in [-0.05, 0) is 43.9 Å². The number of nitrogens with zero attached hydrogens (tertiary/aromatic N) is 1. The molecule has 1 aromatic rings. The minimum atomic E-state index is -0.730. The first-order valence-electron chi connectivity index (χ1n) is 6.33. The highest BCUT2D eigenvalue weighted by Gasteiger charge is 2.26. The molecule has 2 rings (SSSR count). The summed E-state index contributed by atoms with van der Waals surface area (Å²) in [6, 6.07) is 5.92. The van der Waals surface area contributed by atoms with Crippen molar-refractivity contribution in [2.45, 2.75) is 38.6 Å². The Kier molecular flexibility index (Phi) is 4.12. The molecule has 1 aromatic carbocycles. The van der Waals surface area contributed by atoms with Crippen LogP contribution in [0.2, 0.25) is 5.02 Å². The number of aliphatic carboxylic acids is 1. The van der Waals surface area contributed by atoms with Crippen LogP contribution < -0.4 is 4.90 Å². The molecule has 3 nitrogen and oxygen atoms in total. The number of anilines is 1. The molecular weight excluding hydrogens is 250 g/mol. The van der Waals surface area contributed by atoms with Gasteiger partial charge in [-0.2, -0.15) is 0 Å². The van der Waals surface area contributed by atoms with E-state index in [9.17, 15) is 4.79 Å². The van der Waals surface area contributed by atoms with E-state index < -0.39 is 5.97 Å². The molecule has 0 radical (unpaired) electrons. The highest BCUT2D eigenvalue weighted by Crippen LogP contribution is 2.32. The number of carboxylic acid groups (broad SMARTS) is 1. The van der Waals surface area contributed by atoms with Crippen molar-refractivity contribution >= 4 is 23.3 Å². The third-order valence-corrected chi connectivity index (χ3v) is 4.00. The summed E-state index contributed by atoms with van der Waals surface area (Å²) in [5, 5.41) is 9.74. The lowest BCUT2D eigenvalue weighted by atomic mass is 9.97. The highest BCUT2D eigenvalue weighted by molar-refractivity contribution is 6.31. The van der Waals surface area contributed by atoms with Crippen LogP contribution in [0.1, 0.15) is 31.2 Å². The van der Waals surface area contributed by atoms with Crippen LogP contribution in [0.25, 0.3) is 0 Å². The van der Waals surface area contributed by atoms with Crippen molar-refractivity contribution in [1.29, 1.82) is 0 Å². The molecule has 0 saturated carbocycles. The van der Waals surface area contributed by atoms with Crippen molar-refractivity contribution in [1.82, 2.24) is 0 Å². The van der Waals surface area contributed by atoms with Crippen molar-refractivity contribution in [3.05, 3.63) is 28.8 Å². The van der Waals surface area contributed by atoms with Crippen LogP contribution in [0.5, 0.6) is 0 Å². The zero-order valence-corrected chi connectivity index (χ0v) is 11.3. The van der Waals surface area contributed by atoms with E-state index in [0.717, 1.165) is 42.1 Å². The van der Waals surface area contributed by atoms with Gasteiger partial charge in [0.25, 0.3) is 0 Å². The molecule has 0 aromatic heterocycles. The Labute approximate surface area is 112 Å². The number of hydrogen-bond acceptors (Lipinski definition) is 2. The molecule has 1 atom stereocenters. The van der Waals surface area contributed by atoms with E-state index in [1.54, 1.807) is 0 Å². The summed E-state index contributed by atoms with van der Waals surface area (Å²) >= 11 is 6.14. The summed E-state index contributed by atoms with van der Waals surface area (Å²) in [7, 11) is 0. The van der Waals surface area contributed by atoms with Gasteiger partial charge in [0.15, 0.2) is 0 Å². The second kappa shape index (κ2) is 5.61. The maximum Gasteiger partial charge on any atom is 0.305 e. The molecule has 0 bridgehead atoms. The largest absolute Gasteiger partial charge is 0.481 e. The molecule has 1 heterocycles. The molecule has 18 heavy (non-hydrogen) atoms. The molecule has 1 N–H and O–H groups in total. The van der Waals surface area contributed by atoms with Crippen molar-refractivity contribution in [3.8, 4) is 0 Å². The normalized spacial score (nSPS) is 19.9. The SMILES string of the molecule is Cc1c(Cl)cccc1N1CCCCC1CC(=O)O. The molecule has 0 spiro atoms. The third kappa shape index (κ3) is 2.78. The van der Waals surface area contributed by atoms with Gasteiger partial charge in [-0.25, -0.2) is 0 Å². The maximum absolute atomic E-state index is 10.9. The molecule has 4 heteroatoms. The summed E-state index contributed by atoms with van der Waals surface area (Å²) < 4.78 is 0. The van der Waals surface area contributed by atoms with Crippen molar-refractivity contribution in [2.75, 3.05) is 11.4 Å². The summed E-state index contributed by atoms with van der Waals surface area (Å²) in [6.07, 6.45) is 3.36. The van der Waals surface area contributed by atoms with Gasteiger partial charge in [0.05, 0.1) is 6.42 Å². The average Bonchev–Trinajstić information content (AvgIpc) is 2.33. The third-order valence-electron chi connectivity index (χ3n) is 3.59. The van der Waals surface area contributed by atoms with Crippen LogP contribution in [0, 0.1) is 6.92 Å². The lowest BCUT2D eigenvalue weighted by molar-refractivity contribution is -0.137.